The van der Waals surface area contributed by atoms with Crippen LogP contribution in [0, 0.1) is 0 Å². The molecule has 0 radical (unpaired) electrons. The Balaban J connectivity index is 1.42. The Morgan fingerprint density at radius 3 is 2.59 bits per heavy atom. The van der Waals surface area contributed by atoms with Gasteiger partial charge in [0.2, 0.25) is 0 Å². The minimum Gasteiger partial charge on any atom is -0.381 e. The highest BCUT2D eigenvalue weighted by molar-refractivity contribution is 5.79. The van der Waals surface area contributed by atoms with Crippen LogP contribution in [0.2, 0.25) is 0 Å². The number of guanidine groups is 1. The number of ether oxygens (including phenoxy) is 2. The molecule has 0 unspecified atom stereocenters. The van der Waals surface area contributed by atoms with Gasteiger partial charge in [-0.25, -0.2) is 0 Å². The lowest BCUT2D eigenvalue weighted by Gasteiger charge is -2.35. The summed E-state index contributed by atoms with van der Waals surface area (Å²) in [6, 6.07) is 9.75. The molecule has 2 saturated heterocycles. The second kappa shape index (κ2) is 11.5. The molecule has 0 spiro atoms. The summed E-state index contributed by atoms with van der Waals surface area (Å²) in [5.41, 5.74) is 2.47. The minimum atomic E-state index is 0.329. The van der Waals surface area contributed by atoms with Gasteiger partial charge >= 0.3 is 0 Å². The third-order valence-corrected chi connectivity index (χ3v) is 5.93. The van der Waals surface area contributed by atoms with Gasteiger partial charge in [-0.1, -0.05) is 24.3 Å². The van der Waals surface area contributed by atoms with Crippen LogP contribution >= 0.6 is 0 Å². The Bertz CT molecular complexity index is 636. The van der Waals surface area contributed by atoms with Crippen LogP contribution in [0.3, 0.4) is 0 Å². The normalized spacial score (nSPS) is 20.2. The molecular formula is C23H38N4O2. The Hall–Kier alpha value is -1.63. The largest absolute Gasteiger partial charge is 0.381 e. The molecule has 2 fully saturated rings. The lowest BCUT2D eigenvalue weighted by Crippen LogP contribution is -2.49. The van der Waals surface area contributed by atoms with Crippen molar-refractivity contribution in [1.29, 1.82) is 0 Å². The first-order chi connectivity index (χ1) is 14.1. The van der Waals surface area contributed by atoms with E-state index in [1.54, 1.807) is 0 Å². The van der Waals surface area contributed by atoms with E-state index in [2.05, 4.69) is 58.6 Å². The number of nitrogens with one attached hydrogen (secondary N) is 2. The molecule has 0 saturated carbocycles. The number of nitrogens with zero attached hydrogens (tertiary/aromatic N) is 2. The predicted molar refractivity (Wildman–Crippen MR) is 118 cm³/mol. The van der Waals surface area contributed by atoms with Gasteiger partial charge in [0.25, 0.3) is 0 Å². The number of hydrogen-bond acceptors (Lipinski definition) is 4. The fourth-order valence-electron chi connectivity index (χ4n) is 4.02. The third kappa shape index (κ3) is 7.28. The molecule has 29 heavy (non-hydrogen) atoms. The van der Waals surface area contributed by atoms with Crippen molar-refractivity contribution in [2.24, 2.45) is 4.99 Å². The van der Waals surface area contributed by atoms with Gasteiger partial charge in [-0.15, -0.1) is 0 Å². The summed E-state index contributed by atoms with van der Waals surface area (Å²) in [4.78, 5) is 6.96. The van der Waals surface area contributed by atoms with Crippen LogP contribution in [0.5, 0.6) is 0 Å². The van der Waals surface area contributed by atoms with E-state index in [9.17, 15) is 0 Å². The highest BCUT2D eigenvalue weighted by atomic mass is 16.5. The van der Waals surface area contributed by atoms with Crippen molar-refractivity contribution < 1.29 is 9.47 Å². The van der Waals surface area contributed by atoms with Gasteiger partial charge in [0.05, 0.1) is 12.7 Å². The molecule has 0 amide bonds. The number of hydrogen-bond donors (Lipinski definition) is 2. The average Bonchev–Trinajstić information content (AvgIpc) is 2.76. The van der Waals surface area contributed by atoms with Crippen molar-refractivity contribution in [3.8, 4) is 0 Å². The van der Waals surface area contributed by atoms with E-state index in [1.165, 1.54) is 11.1 Å². The summed E-state index contributed by atoms with van der Waals surface area (Å²) in [5, 5.41) is 7.06. The first kappa shape index (κ1) is 22.1. The van der Waals surface area contributed by atoms with Gasteiger partial charge in [0.1, 0.15) is 0 Å². The minimum absolute atomic E-state index is 0.329. The van der Waals surface area contributed by atoms with Crippen LogP contribution < -0.4 is 10.6 Å². The Kier molecular flexibility index (Phi) is 8.77. The molecule has 6 nitrogen and oxygen atoms in total. The summed E-state index contributed by atoms with van der Waals surface area (Å²) in [6.45, 7) is 9.92. The van der Waals surface area contributed by atoms with E-state index in [4.69, 9.17) is 9.47 Å². The van der Waals surface area contributed by atoms with Crippen LogP contribution in [-0.2, 0) is 22.6 Å². The van der Waals surface area contributed by atoms with E-state index in [1.807, 2.05) is 7.05 Å². The summed E-state index contributed by atoms with van der Waals surface area (Å²) in [5.74, 6) is 0.886. The van der Waals surface area contributed by atoms with Crippen molar-refractivity contribution in [3.63, 3.8) is 0 Å². The van der Waals surface area contributed by atoms with Crippen molar-refractivity contribution in [1.82, 2.24) is 15.5 Å². The molecule has 162 valence electrons. The molecule has 6 heteroatoms. The van der Waals surface area contributed by atoms with E-state index in [-0.39, 0.29) is 0 Å². The zero-order chi connectivity index (χ0) is 20.5. The van der Waals surface area contributed by atoms with E-state index >= 15 is 0 Å². The molecule has 2 aliphatic rings. The second-order valence-electron chi connectivity index (χ2n) is 8.42. The number of likely N-dealkylation sites (tertiary alicyclic amines) is 1. The summed E-state index contributed by atoms with van der Waals surface area (Å²) < 4.78 is 11.5. The summed E-state index contributed by atoms with van der Waals surface area (Å²) >= 11 is 0. The lowest BCUT2D eigenvalue weighted by molar-refractivity contribution is -0.0390. The average molecular weight is 403 g/mol. The summed E-state index contributed by atoms with van der Waals surface area (Å²) in [7, 11) is 1.84. The Labute approximate surface area is 176 Å². The van der Waals surface area contributed by atoms with Gasteiger partial charge in [0.15, 0.2) is 5.96 Å². The number of rotatable bonds is 7. The molecule has 1 aromatic rings. The first-order valence-electron chi connectivity index (χ1n) is 11.1. The molecule has 3 rings (SSSR count). The third-order valence-electron chi connectivity index (χ3n) is 5.93. The highest BCUT2D eigenvalue weighted by Gasteiger charge is 2.21. The Morgan fingerprint density at radius 2 is 1.90 bits per heavy atom. The van der Waals surface area contributed by atoms with Crippen molar-refractivity contribution >= 4 is 5.96 Å². The van der Waals surface area contributed by atoms with E-state index in [0.717, 1.165) is 64.5 Å². The summed E-state index contributed by atoms with van der Waals surface area (Å²) in [6.07, 6.45) is 4.66. The maximum atomic E-state index is 6.06. The van der Waals surface area contributed by atoms with Crippen LogP contribution in [0.15, 0.2) is 29.3 Å². The van der Waals surface area contributed by atoms with Crippen molar-refractivity contribution in [2.45, 2.75) is 70.9 Å². The number of benzene rings is 1. The maximum absolute atomic E-state index is 6.06. The Morgan fingerprint density at radius 1 is 1.17 bits per heavy atom. The van der Waals surface area contributed by atoms with Crippen LogP contribution in [0.25, 0.3) is 0 Å². The number of piperidine rings is 1. The molecule has 0 aromatic heterocycles. The molecule has 2 aliphatic heterocycles. The fraction of sp³-hybridized carbons (Fsp3) is 0.696. The van der Waals surface area contributed by atoms with E-state index < -0.39 is 0 Å². The van der Waals surface area contributed by atoms with Gasteiger partial charge in [0, 0.05) is 52.0 Å². The maximum Gasteiger partial charge on any atom is 0.191 e. The van der Waals surface area contributed by atoms with Crippen molar-refractivity contribution in [2.75, 3.05) is 33.4 Å². The van der Waals surface area contributed by atoms with Gasteiger partial charge in [-0.3, -0.25) is 4.99 Å². The molecule has 1 aromatic carbocycles. The topological polar surface area (TPSA) is 58.1 Å². The van der Waals surface area contributed by atoms with Gasteiger partial charge < -0.3 is 25.0 Å². The molecule has 0 bridgehead atoms. The SMILES string of the molecule is CN=C(NCc1cccc(COC2CCOCC2)c1)NC1CCN(C(C)C)CC1. The quantitative estimate of drug-likeness (QED) is 0.543. The highest BCUT2D eigenvalue weighted by Crippen LogP contribution is 2.15. The first-order valence-corrected chi connectivity index (χ1v) is 11.1. The van der Waals surface area contributed by atoms with Gasteiger partial charge in [-0.05, 0) is 50.7 Å². The van der Waals surface area contributed by atoms with Crippen LogP contribution in [0.1, 0.15) is 50.7 Å². The molecule has 2 heterocycles. The van der Waals surface area contributed by atoms with Crippen LogP contribution in [0.4, 0.5) is 0 Å². The van der Waals surface area contributed by atoms with Crippen LogP contribution in [-0.4, -0.2) is 62.4 Å². The monoisotopic (exact) mass is 402 g/mol. The smallest absolute Gasteiger partial charge is 0.191 e. The van der Waals surface area contributed by atoms with Gasteiger partial charge in [-0.2, -0.15) is 0 Å². The van der Waals surface area contributed by atoms with Crippen molar-refractivity contribution in [3.05, 3.63) is 35.4 Å². The lowest BCUT2D eigenvalue weighted by atomic mass is 10.0. The molecule has 2 N–H and O–H groups in total. The zero-order valence-corrected chi connectivity index (χ0v) is 18.3. The predicted octanol–water partition coefficient (Wildman–Crippen LogP) is 2.92. The number of aliphatic imine (C=N–C) groups is 1. The second-order valence-corrected chi connectivity index (χ2v) is 8.42. The molecule has 0 atom stereocenters. The molecular weight excluding hydrogens is 364 g/mol. The molecule has 0 aliphatic carbocycles. The fourth-order valence-corrected chi connectivity index (χ4v) is 4.02. The van der Waals surface area contributed by atoms with E-state index in [0.29, 0.717) is 24.8 Å². The zero-order valence-electron chi connectivity index (χ0n) is 18.3. The standard InChI is InChI=1S/C23H38N4O2/c1-18(2)27-11-7-21(8-12-27)26-23(24-3)25-16-19-5-4-6-20(15-19)17-29-22-9-13-28-14-10-22/h4-6,15,18,21-22H,7-14,16-17H2,1-3H3,(H2,24,25,26).